The van der Waals surface area contributed by atoms with Crippen molar-refractivity contribution in [2.75, 3.05) is 13.2 Å². The van der Waals surface area contributed by atoms with Gasteiger partial charge in [0.1, 0.15) is 12.4 Å². The van der Waals surface area contributed by atoms with Crippen LogP contribution in [-0.2, 0) is 16.0 Å². The molecule has 30 heavy (non-hydrogen) atoms. The average Bonchev–Trinajstić information content (AvgIpc) is 2.78. The second-order valence-corrected chi connectivity index (χ2v) is 6.66. The molecule has 2 aromatic carbocycles. The number of hydrogen-bond acceptors (Lipinski definition) is 4. The predicted octanol–water partition coefficient (Wildman–Crippen LogP) is 4.62. The number of aromatic nitrogens is 1. The molecule has 0 saturated heterocycles. The van der Waals surface area contributed by atoms with Crippen molar-refractivity contribution in [3.63, 3.8) is 0 Å². The van der Waals surface area contributed by atoms with E-state index in [0.29, 0.717) is 19.6 Å². The minimum atomic E-state index is -0.952. The Morgan fingerprint density at radius 3 is 2.30 bits per heavy atom. The van der Waals surface area contributed by atoms with Gasteiger partial charge in [0, 0.05) is 25.4 Å². The van der Waals surface area contributed by atoms with Gasteiger partial charge < -0.3 is 14.6 Å². The van der Waals surface area contributed by atoms with Gasteiger partial charge in [-0.25, -0.2) is 4.79 Å². The monoisotopic (exact) mass is 403 g/mol. The number of pyridine rings is 1. The Hall–Kier alpha value is -3.44. The molecule has 1 N–H and O–H groups in total. The number of ether oxygens (including phenoxy) is 2. The van der Waals surface area contributed by atoms with Gasteiger partial charge in [-0.2, -0.15) is 0 Å². The van der Waals surface area contributed by atoms with E-state index < -0.39 is 12.1 Å². The highest BCUT2D eigenvalue weighted by atomic mass is 16.5. The molecule has 0 fully saturated rings. The molecule has 3 aromatic rings. The number of benzene rings is 2. The summed E-state index contributed by atoms with van der Waals surface area (Å²) in [6.07, 6.45) is 5.09. The van der Waals surface area contributed by atoms with Crippen LogP contribution >= 0.6 is 0 Å². The molecule has 1 unspecified atom stereocenters. The average molecular weight is 403 g/mol. The summed E-state index contributed by atoms with van der Waals surface area (Å²) in [5.74, 6) is -0.229. The fourth-order valence-electron chi connectivity index (χ4n) is 3.13. The molecule has 0 radical (unpaired) electrons. The summed E-state index contributed by atoms with van der Waals surface area (Å²) in [5, 5.41) is 9.22. The highest BCUT2D eigenvalue weighted by molar-refractivity contribution is 5.79. The zero-order valence-corrected chi connectivity index (χ0v) is 16.9. The second kappa shape index (κ2) is 10.9. The molecule has 1 atom stereocenters. The fraction of sp³-hybridized carbons (Fsp3) is 0.200. The van der Waals surface area contributed by atoms with Gasteiger partial charge in [-0.3, -0.25) is 4.98 Å². The van der Waals surface area contributed by atoms with Gasteiger partial charge >= 0.3 is 5.97 Å². The maximum absolute atomic E-state index is 11.2. The van der Waals surface area contributed by atoms with Crippen LogP contribution in [0, 0.1) is 0 Å². The zero-order valence-electron chi connectivity index (χ0n) is 16.9. The molecule has 0 bridgehead atoms. The largest absolute Gasteiger partial charge is 0.490 e. The Morgan fingerprint density at radius 2 is 1.67 bits per heavy atom. The summed E-state index contributed by atoms with van der Waals surface area (Å²) >= 11 is 0. The number of hydrogen-bond donors (Lipinski definition) is 1. The maximum atomic E-state index is 11.2. The summed E-state index contributed by atoms with van der Waals surface area (Å²) in [5.41, 5.74) is 4.15. The van der Waals surface area contributed by atoms with Crippen LogP contribution in [-0.4, -0.2) is 35.4 Å². The van der Waals surface area contributed by atoms with Crippen molar-refractivity contribution in [2.45, 2.75) is 19.4 Å². The van der Waals surface area contributed by atoms with Crippen LogP contribution in [0.25, 0.3) is 5.57 Å². The number of carboxylic acids is 1. The van der Waals surface area contributed by atoms with Crippen molar-refractivity contribution in [2.24, 2.45) is 0 Å². The SMILES string of the molecule is CCOC(Cc1ccc(OCC=C(c2ccccc2)c2ccncc2)cc1)C(=O)O. The first-order valence-electron chi connectivity index (χ1n) is 9.89. The van der Waals surface area contributed by atoms with Gasteiger partial charge in [0.25, 0.3) is 0 Å². The van der Waals surface area contributed by atoms with Crippen LogP contribution in [0.4, 0.5) is 0 Å². The summed E-state index contributed by atoms with van der Waals surface area (Å²) in [6.45, 7) is 2.56. The van der Waals surface area contributed by atoms with Crippen molar-refractivity contribution in [1.29, 1.82) is 0 Å². The van der Waals surface area contributed by atoms with Crippen molar-refractivity contribution >= 4 is 11.5 Å². The van der Waals surface area contributed by atoms with E-state index in [2.05, 4.69) is 17.1 Å². The number of carboxylic acid groups (broad SMARTS) is 1. The van der Waals surface area contributed by atoms with E-state index in [1.807, 2.05) is 60.7 Å². The molecule has 0 aliphatic rings. The quantitative estimate of drug-likeness (QED) is 0.535. The van der Waals surface area contributed by atoms with E-state index in [-0.39, 0.29) is 0 Å². The van der Waals surface area contributed by atoms with Crippen molar-refractivity contribution in [3.8, 4) is 5.75 Å². The first-order valence-corrected chi connectivity index (χ1v) is 9.89. The topological polar surface area (TPSA) is 68.7 Å². The predicted molar refractivity (Wildman–Crippen MR) is 116 cm³/mol. The van der Waals surface area contributed by atoms with Gasteiger partial charge in [0.15, 0.2) is 6.10 Å². The molecule has 154 valence electrons. The molecule has 0 saturated carbocycles. The third-order valence-corrected chi connectivity index (χ3v) is 4.60. The van der Waals surface area contributed by atoms with Crippen LogP contribution in [0.3, 0.4) is 0 Å². The smallest absolute Gasteiger partial charge is 0.333 e. The molecule has 1 aromatic heterocycles. The van der Waals surface area contributed by atoms with E-state index in [1.54, 1.807) is 19.3 Å². The first kappa shape index (κ1) is 21.3. The van der Waals surface area contributed by atoms with Crippen LogP contribution < -0.4 is 4.74 Å². The summed E-state index contributed by atoms with van der Waals surface area (Å²) < 4.78 is 11.2. The molecule has 0 amide bonds. The van der Waals surface area contributed by atoms with E-state index in [1.165, 1.54) is 0 Å². The third kappa shape index (κ3) is 6.03. The van der Waals surface area contributed by atoms with Gasteiger partial charge in [-0.05, 0) is 59.5 Å². The molecule has 3 rings (SSSR count). The van der Waals surface area contributed by atoms with E-state index >= 15 is 0 Å². The first-order chi connectivity index (χ1) is 14.7. The molecule has 5 nitrogen and oxygen atoms in total. The van der Waals surface area contributed by atoms with Gasteiger partial charge in [-0.1, -0.05) is 42.5 Å². The van der Waals surface area contributed by atoms with Crippen LogP contribution in [0.5, 0.6) is 5.75 Å². The summed E-state index contributed by atoms with van der Waals surface area (Å²) in [7, 11) is 0. The van der Waals surface area contributed by atoms with Crippen molar-refractivity contribution < 1.29 is 19.4 Å². The van der Waals surface area contributed by atoms with Gasteiger partial charge in [0.2, 0.25) is 0 Å². The molecular formula is C25H25NO4. The Bertz CT molecular complexity index is 912. The van der Waals surface area contributed by atoms with E-state index in [9.17, 15) is 9.90 Å². The third-order valence-electron chi connectivity index (χ3n) is 4.60. The van der Waals surface area contributed by atoms with Gasteiger partial charge in [0.05, 0.1) is 0 Å². The highest BCUT2D eigenvalue weighted by Gasteiger charge is 2.17. The normalized spacial score (nSPS) is 12.4. The highest BCUT2D eigenvalue weighted by Crippen LogP contribution is 2.23. The number of aliphatic carboxylic acids is 1. The van der Waals surface area contributed by atoms with Crippen molar-refractivity contribution in [3.05, 3.63) is 102 Å². The summed E-state index contributed by atoms with van der Waals surface area (Å²) in [6, 6.07) is 21.5. The number of carbonyl (C=O) groups is 1. The van der Waals surface area contributed by atoms with Crippen LogP contribution in [0.15, 0.2) is 85.2 Å². The molecular weight excluding hydrogens is 378 g/mol. The lowest BCUT2D eigenvalue weighted by Crippen LogP contribution is -2.26. The molecule has 0 aliphatic heterocycles. The zero-order chi connectivity index (χ0) is 21.2. The minimum absolute atomic E-state index is 0.323. The van der Waals surface area contributed by atoms with E-state index in [0.717, 1.165) is 28.0 Å². The second-order valence-electron chi connectivity index (χ2n) is 6.66. The molecule has 5 heteroatoms. The van der Waals surface area contributed by atoms with Crippen molar-refractivity contribution in [1.82, 2.24) is 4.98 Å². The Labute approximate surface area is 176 Å². The number of nitrogens with zero attached hydrogens (tertiary/aromatic N) is 1. The Balaban J connectivity index is 1.67. The lowest BCUT2D eigenvalue weighted by Gasteiger charge is -2.13. The van der Waals surface area contributed by atoms with Crippen LogP contribution in [0.2, 0.25) is 0 Å². The lowest BCUT2D eigenvalue weighted by atomic mass is 9.99. The molecule has 0 spiro atoms. The standard InChI is InChI=1S/C25H25NO4/c1-2-29-24(25(27)28)18-19-8-10-22(11-9-19)30-17-14-23(20-6-4-3-5-7-20)21-12-15-26-16-13-21/h3-16,24H,2,17-18H2,1H3,(H,27,28). The number of rotatable bonds is 10. The maximum Gasteiger partial charge on any atom is 0.333 e. The Morgan fingerprint density at radius 1 is 1.00 bits per heavy atom. The summed E-state index contributed by atoms with van der Waals surface area (Å²) in [4.78, 5) is 15.3. The molecule has 1 heterocycles. The van der Waals surface area contributed by atoms with Crippen LogP contribution in [0.1, 0.15) is 23.6 Å². The molecule has 0 aliphatic carbocycles. The lowest BCUT2D eigenvalue weighted by molar-refractivity contribution is -0.149. The Kier molecular flexibility index (Phi) is 7.75. The van der Waals surface area contributed by atoms with E-state index in [4.69, 9.17) is 9.47 Å². The van der Waals surface area contributed by atoms with Gasteiger partial charge in [-0.15, -0.1) is 0 Å². The fourth-order valence-corrected chi connectivity index (χ4v) is 3.13. The minimum Gasteiger partial charge on any atom is -0.490 e.